The van der Waals surface area contributed by atoms with Crippen LogP contribution in [-0.4, -0.2) is 27.8 Å². The number of nitrogen functional groups attached to an aromatic ring is 1. The lowest BCUT2D eigenvalue weighted by Gasteiger charge is -2.31. The van der Waals surface area contributed by atoms with Gasteiger partial charge in [-0.1, -0.05) is 13.3 Å². The molecule has 0 saturated carbocycles. The number of hydrogen-bond donors (Lipinski definition) is 1. The lowest BCUT2D eigenvalue weighted by molar-refractivity contribution is 0.175. The summed E-state index contributed by atoms with van der Waals surface area (Å²) in [6, 6.07) is 0. The van der Waals surface area contributed by atoms with Gasteiger partial charge in [-0.3, -0.25) is 9.58 Å². The van der Waals surface area contributed by atoms with Crippen LogP contribution >= 0.6 is 0 Å². The Morgan fingerprint density at radius 2 is 2.00 bits per heavy atom. The molecule has 0 unspecified atom stereocenters. The Morgan fingerprint density at radius 1 is 1.35 bits per heavy atom. The zero-order valence-electron chi connectivity index (χ0n) is 11.2. The molecule has 1 saturated heterocycles. The van der Waals surface area contributed by atoms with E-state index in [4.69, 9.17) is 5.73 Å². The molecule has 1 aliphatic heterocycles. The molecule has 0 atom stereocenters. The molecule has 0 aromatic carbocycles. The quantitative estimate of drug-likeness (QED) is 0.872. The number of aromatic nitrogens is 2. The van der Waals surface area contributed by atoms with Crippen LogP contribution in [0.15, 0.2) is 0 Å². The Hall–Kier alpha value is -1.03. The molecule has 0 amide bonds. The van der Waals surface area contributed by atoms with Gasteiger partial charge in [-0.15, -0.1) is 0 Å². The van der Waals surface area contributed by atoms with Crippen LogP contribution in [0.25, 0.3) is 0 Å². The van der Waals surface area contributed by atoms with Gasteiger partial charge in [0.15, 0.2) is 0 Å². The normalized spacial score (nSPS) is 18.8. The number of piperidine rings is 1. The highest BCUT2D eigenvalue weighted by molar-refractivity contribution is 5.42. The predicted octanol–water partition coefficient (Wildman–Crippen LogP) is 1.93. The molecule has 0 spiro atoms. The van der Waals surface area contributed by atoms with Crippen LogP contribution in [0.5, 0.6) is 0 Å². The second kappa shape index (κ2) is 5.08. The minimum absolute atomic E-state index is 0.820. The van der Waals surface area contributed by atoms with Crippen molar-refractivity contribution in [3.8, 4) is 0 Å². The van der Waals surface area contributed by atoms with Gasteiger partial charge in [0.05, 0.1) is 5.69 Å². The van der Waals surface area contributed by atoms with Gasteiger partial charge in [-0.05, 0) is 38.8 Å². The molecule has 4 heteroatoms. The fourth-order valence-electron chi connectivity index (χ4n) is 2.69. The number of nitrogens with zero attached hydrogens (tertiary/aromatic N) is 3. The lowest BCUT2D eigenvalue weighted by Crippen LogP contribution is -2.33. The van der Waals surface area contributed by atoms with Gasteiger partial charge in [-0.2, -0.15) is 5.10 Å². The van der Waals surface area contributed by atoms with E-state index in [1.165, 1.54) is 37.9 Å². The molecule has 2 heterocycles. The molecule has 2 N–H and O–H groups in total. The van der Waals surface area contributed by atoms with Crippen molar-refractivity contribution in [3.63, 3.8) is 0 Å². The smallest absolute Gasteiger partial charge is 0.126 e. The molecule has 17 heavy (non-hydrogen) atoms. The van der Waals surface area contributed by atoms with Crippen molar-refractivity contribution in [1.82, 2.24) is 14.7 Å². The standard InChI is InChI=1S/C13H24N4/c1-4-11-5-7-17(8-6-11)9-12-10(2)15-16(3)13(12)14/h11H,4-9,14H2,1-3H3. The molecule has 1 fully saturated rings. The van der Waals surface area contributed by atoms with Crippen molar-refractivity contribution in [2.45, 2.75) is 39.7 Å². The van der Waals surface area contributed by atoms with E-state index in [9.17, 15) is 0 Å². The fraction of sp³-hybridized carbons (Fsp3) is 0.769. The fourth-order valence-corrected chi connectivity index (χ4v) is 2.69. The topological polar surface area (TPSA) is 47.1 Å². The van der Waals surface area contributed by atoms with Crippen LogP contribution in [-0.2, 0) is 13.6 Å². The van der Waals surface area contributed by atoms with Crippen molar-refractivity contribution in [2.24, 2.45) is 13.0 Å². The SMILES string of the molecule is CCC1CCN(Cc2c(C)nn(C)c2N)CC1. The van der Waals surface area contributed by atoms with Gasteiger partial charge in [0.25, 0.3) is 0 Å². The second-order valence-corrected chi connectivity index (χ2v) is 5.20. The minimum Gasteiger partial charge on any atom is -0.384 e. The summed E-state index contributed by atoms with van der Waals surface area (Å²) in [7, 11) is 1.91. The maximum atomic E-state index is 6.05. The molecule has 0 bridgehead atoms. The van der Waals surface area contributed by atoms with E-state index in [1.807, 2.05) is 14.0 Å². The Labute approximate surface area is 104 Å². The van der Waals surface area contributed by atoms with Crippen molar-refractivity contribution < 1.29 is 0 Å². The number of aryl methyl sites for hydroxylation is 2. The van der Waals surface area contributed by atoms with Crippen molar-refractivity contribution in [2.75, 3.05) is 18.8 Å². The second-order valence-electron chi connectivity index (χ2n) is 5.20. The van der Waals surface area contributed by atoms with Crippen LogP contribution in [0, 0.1) is 12.8 Å². The highest BCUT2D eigenvalue weighted by Gasteiger charge is 2.20. The van der Waals surface area contributed by atoms with Gasteiger partial charge >= 0.3 is 0 Å². The number of rotatable bonds is 3. The van der Waals surface area contributed by atoms with Crippen LogP contribution < -0.4 is 5.73 Å². The Kier molecular flexibility index (Phi) is 3.72. The summed E-state index contributed by atoms with van der Waals surface area (Å²) >= 11 is 0. The van der Waals surface area contributed by atoms with Crippen molar-refractivity contribution >= 4 is 5.82 Å². The number of hydrogen-bond acceptors (Lipinski definition) is 3. The first-order valence-electron chi connectivity index (χ1n) is 6.62. The Balaban J connectivity index is 1.98. The zero-order chi connectivity index (χ0) is 12.4. The summed E-state index contributed by atoms with van der Waals surface area (Å²) in [6.45, 7) is 7.70. The van der Waals surface area contributed by atoms with E-state index in [2.05, 4.69) is 16.9 Å². The summed E-state index contributed by atoms with van der Waals surface area (Å²) in [5.41, 5.74) is 8.33. The van der Waals surface area contributed by atoms with Gasteiger partial charge in [0.1, 0.15) is 5.82 Å². The molecular weight excluding hydrogens is 212 g/mol. The summed E-state index contributed by atoms with van der Waals surface area (Å²) in [4.78, 5) is 2.51. The molecule has 0 radical (unpaired) electrons. The van der Waals surface area contributed by atoms with E-state index >= 15 is 0 Å². The number of likely N-dealkylation sites (tertiary alicyclic amines) is 1. The first-order chi connectivity index (χ1) is 8.11. The first-order valence-corrected chi connectivity index (χ1v) is 6.62. The molecule has 4 nitrogen and oxygen atoms in total. The molecule has 1 aliphatic rings. The zero-order valence-corrected chi connectivity index (χ0v) is 11.2. The van der Waals surface area contributed by atoms with E-state index in [-0.39, 0.29) is 0 Å². The molecule has 2 rings (SSSR count). The third-order valence-electron chi connectivity index (χ3n) is 4.06. The summed E-state index contributed by atoms with van der Waals surface area (Å²) in [6.07, 6.45) is 3.98. The van der Waals surface area contributed by atoms with Crippen LogP contribution in [0.1, 0.15) is 37.4 Å². The molecular formula is C13H24N4. The third kappa shape index (κ3) is 2.63. The van der Waals surface area contributed by atoms with Crippen LogP contribution in [0.4, 0.5) is 5.82 Å². The summed E-state index contributed by atoms with van der Waals surface area (Å²) in [5, 5.41) is 4.37. The van der Waals surface area contributed by atoms with Crippen molar-refractivity contribution in [1.29, 1.82) is 0 Å². The highest BCUT2D eigenvalue weighted by Crippen LogP contribution is 2.23. The van der Waals surface area contributed by atoms with E-state index in [0.717, 1.165) is 24.0 Å². The third-order valence-corrected chi connectivity index (χ3v) is 4.06. The van der Waals surface area contributed by atoms with Crippen molar-refractivity contribution in [3.05, 3.63) is 11.3 Å². The average Bonchev–Trinajstić information content (AvgIpc) is 2.57. The maximum absolute atomic E-state index is 6.05. The maximum Gasteiger partial charge on any atom is 0.126 e. The Morgan fingerprint density at radius 3 is 2.47 bits per heavy atom. The molecule has 0 aliphatic carbocycles. The first kappa shape index (κ1) is 12.4. The molecule has 1 aromatic heterocycles. The predicted molar refractivity (Wildman–Crippen MR) is 70.6 cm³/mol. The number of anilines is 1. The minimum atomic E-state index is 0.820. The average molecular weight is 236 g/mol. The van der Waals surface area contributed by atoms with Crippen LogP contribution in [0.3, 0.4) is 0 Å². The summed E-state index contributed by atoms with van der Waals surface area (Å²) < 4.78 is 1.78. The molecule has 1 aromatic rings. The monoisotopic (exact) mass is 236 g/mol. The van der Waals surface area contributed by atoms with E-state index in [1.54, 1.807) is 4.68 Å². The van der Waals surface area contributed by atoms with E-state index in [0.29, 0.717) is 0 Å². The Bertz CT molecular complexity index is 375. The van der Waals surface area contributed by atoms with Gasteiger partial charge in [0, 0.05) is 19.2 Å². The van der Waals surface area contributed by atoms with Gasteiger partial charge in [-0.25, -0.2) is 0 Å². The van der Waals surface area contributed by atoms with Gasteiger partial charge < -0.3 is 5.73 Å². The summed E-state index contributed by atoms with van der Waals surface area (Å²) in [5.74, 6) is 1.75. The molecule has 96 valence electrons. The largest absolute Gasteiger partial charge is 0.384 e. The lowest BCUT2D eigenvalue weighted by atomic mass is 9.94. The highest BCUT2D eigenvalue weighted by atomic mass is 15.3. The number of nitrogens with two attached hydrogens (primary N) is 1. The van der Waals surface area contributed by atoms with Gasteiger partial charge in [0.2, 0.25) is 0 Å². The van der Waals surface area contributed by atoms with Crippen LogP contribution in [0.2, 0.25) is 0 Å². The van der Waals surface area contributed by atoms with E-state index < -0.39 is 0 Å².